The number of aryl methyl sites for hydroxylation is 2. The average molecular weight is 371 g/mol. The molecule has 1 heterocycles. The van der Waals surface area contributed by atoms with Gasteiger partial charge < -0.3 is 8.75 Å². The Morgan fingerprint density at radius 2 is 1.87 bits per heavy atom. The second-order valence-corrected chi connectivity index (χ2v) is 7.40. The SMILES string of the molecule is Cc1cc(S(=O)(=O)Oc2ccc3c(c2)ncn3C)c(Cl)cc1Cl. The van der Waals surface area contributed by atoms with Crippen LogP contribution < -0.4 is 4.18 Å². The molecule has 0 radical (unpaired) electrons. The Bertz CT molecular complexity index is 1010. The largest absolute Gasteiger partial charge is 0.379 e. The van der Waals surface area contributed by atoms with E-state index in [0.29, 0.717) is 16.1 Å². The summed E-state index contributed by atoms with van der Waals surface area (Å²) in [5.74, 6) is 0.167. The van der Waals surface area contributed by atoms with Gasteiger partial charge in [0.25, 0.3) is 0 Å². The molecule has 0 fully saturated rings. The van der Waals surface area contributed by atoms with Crippen LogP contribution in [0.5, 0.6) is 5.75 Å². The number of nitrogens with zero attached hydrogens (tertiary/aromatic N) is 2. The van der Waals surface area contributed by atoms with Crippen LogP contribution in [0.4, 0.5) is 0 Å². The highest BCUT2D eigenvalue weighted by Crippen LogP contribution is 2.30. The number of rotatable bonds is 3. The quantitative estimate of drug-likeness (QED) is 0.654. The van der Waals surface area contributed by atoms with Crippen LogP contribution in [-0.2, 0) is 17.2 Å². The Kier molecular flexibility index (Phi) is 4.00. The third-order valence-electron chi connectivity index (χ3n) is 3.39. The van der Waals surface area contributed by atoms with Crippen molar-refractivity contribution >= 4 is 44.4 Å². The molecule has 0 atom stereocenters. The summed E-state index contributed by atoms with van der Waals surface area (Å²) >= 11 is 11.9. The van der Waals surface area contributed by atoms with Crippen molar-refractivity contribution in [2.24, 2.45) is 7.05 Å². The fourth-order valence-electron chi connectivity index (χ4n) is 2.16. The number of imidazole rings is 1. The van der Waals surface area contributed by atoms with E-state index in [0.717, 1.165) is 5.52 Å². The zero-order valence-electron chi connectivity index (χ0n) is 12.2. The Balaban J connectivity index is 2.01. The first-order valence-corrected chi connectivity index (χ1v) is 8.75. The second-order valence-electron chi connectivity index (χ2n) is 5.08. The molecule has 0 bridgehead atoms. The molecular formula is C15H12Cl2N2O3S. The van der Waals surface area contributed by atoms with Gasteiger partial charge in [0, 0.05) is 18.1 Å². The van der Waals surface area contributed by atoms with E-state index in [1.165, 1.54) is 12.1 Å². The first-order valence-electron chi connectivity index (χ1n) is 6.59. The van der Waals surface area contributed by atoms with E-state index in [9.17, 15) is 8.42 Å². The number of hydrogen-bond acceptors (Lipinski definition) is 4. The molecule has 0 aliphatic heterocycles. The van der Waals surface area contributed by atoms with Crippen molar-refractivity contribution < 1.29 is 12.6 Å². The maximum Gasteiger partial charge on any atom is 0.340 e. The molecule has 8 heteroatoms. The summed E-state index contributed by atoms with van der Waals surface area (Å²) in [5.41, 5.74) is 2.10. The van der Waals surface area contributed by atoms with Crippen LogP contribution in [0, 0.1) is 6.92 Å². The zero-order chi connectivity index (χ0) is 16.8. The van der Waals surface area contributed by atoms with Crippen molar-refractivity contribution in [3.63, 3.8) is 0 Å². The Morgan fingerprint density at radius 3 is 2.61 bits per heavy atom. The molecule has 3 rings (SSSR count). The van der Waals surface area contributed by atoms with Gasteiger partial charge in [-0.05, 0) is 36.8 Å². The Labute approximate surface area is 143 Å². The van der Waals surface area contributed by atoms with Gasteiger partial charge in [-0.1, -0.05) is 23.2 Å². The van der Waals surface area contributed by atoms with E-state index < -0.39 is 10.1 Å². The molecule has 0 saturated carbocycles. The van der Waals surface area contributed by atoms with Crippen LogP contribution in [0.3, 0.4) is 0 Å². The van der Waals surface area contributed by atoms with E-state index in [1.807, 2.05) is 11.6 Å². The maximum absolute atomic E-state index is 12.5. The maximum atomic E-state index is 12.5. The van der Waals surface area contributed by atoms with Gasteiger partial charge >= 0.3 is 10.1 Å². The summed E-state index contributed by atoms with van der Waals surface area (Å²) in [4.78, 5) is 4.05. The fraction of sp³-hybridized carbons (Fsp3) is 0.133. The van der Waals surface area contributed by atoms with E-state index in [2.05, 4.69) is 4.98 Å². The highest BCUT2D eigenvalue weighted by atomic mass is 35.5. The molecule has 120 valence electrons. The van der Waals surface area contributed by atoms with Crippen LogP contribution in [-0.4, -0.2) is 18.0 Å². The van der Waals surface area contributed by atoms with Crippen LogP contribution in [0.2, 0.25) is 10.0 Å². The fourth-order valence-corrected chi connectivity index (χ4v) is 3.89. The van der Waals surface area contributed by atoms with Gasteiger partial charge in [0.1, 0.15) is 10.6 Å². The van der Waals surface area contributed by atoms with Crippen molar-refractivity contribution in [1.29, 1.82) is 0 Å². The number of aromatic nitrogens is 2. The third-order valence-corrected chi connectivity index (χ3v) is 5.51. The van der Waals surface area contributed by atoms with Crippen LogP contribution in [0.1, 0.15) is 5.56 Å². The topological polar surface area (TPSA) is 61.2 Å². The minimum Gasteiger partial charge on any atom is -0.379 e. The highest BCUT2D eigenvalue weighted by molar-refractivity contribution is 7.87. The standard InChI is InChI=1S/C15H12Cl2N2O3S/c1-9-5-15(12(17)7-11(9)16)23(20,21)22-10-3-4-14-13(6-10)18-8-19(14)2/h3-8H,1-2H3. The van der Waals surface area contributed by atoms with Crippen molar-refractivity contribution in [3.05, 3.63) is 52.3 Å². The molecule has 3 aromatic rings. The summed E-state index contributed by atoms with van der Waals surface area (Å²) in [5, 5.41) is 0.406. The van der Waals surface area contributed by atoms with Crippen molar-refractivity contribution in [2.75, 3.05) is 0 Å². The smallest absolute Gasteiger partial charge is 0.340 e. The third kappa shape index (κ3) is 3.02. The molecule has 0 spiro atoms. The number of hydrogen-bond donors (Lipinski definition) is 0. The number of fused-ring (bicyclic) bond motifs is 1. The lowest BCUT2D eigenvalue weighted by Gasteiger charge is -2.10. The normalized spacial score (nSPS) is 11.8. The molecule has 0 unspecified atom stereocenters. The monoisotopic (exact) mass is 370 g/mol. The van der Waals surface area contributed by atoms with E-state index in [1.54, 1.807) is 31.5 Å². The van der Waals surface area contributed by atoms with Gasteiger partial charge in [0.15, 0.2) is 0 Å². The van der Waals surface area contributed by atoms with E-state index >= 15 is 0 Å². The predicted molar refractivity (Wildman–Crippen MR) is 89.7 cm³/mol. The van der Waals surface area contributed by atoms with Gasteiger partial charge in [-0.2, -0.15) is 8.42 Å². The molecule has 0 N–H and O–H groups in total. The van der Waals surface area contributed by atoms with Gasteiger partial charge in [-0.3, -0.25) is 0 Å². The first-order chi connectivity index (χ1) is 10.8. The molecule has 0 aliphatic rings. The Hall–Kier alpha value is -1.76. The average Bonchev–Trinajstić information content (AvgIpc) is 2.83. The van der Waals surface area contributed by atoms with Gasteiger partial charge in [-0.15, -0.1) is 0 Å². The molecule has 2 aromatic carbocycles. The zero-order valence-corrected chi connectivity index (χ0v) is 14.6. The molecule has 0 amide bonds. The molecule has 0 saturated heterocycles. The summed E-state index contributed by atoms with van der Waals surface area (Å²) < 4.78 is 31.9. The summed E-state index contributed by atoms with van der Waals surface area (Å²) in [6.07, 6.45) is 1.64. The van der Waals surface area contributed by atoms with Crippen molar-refractivity contribution in [2.45, 2.75) is 11.8 Å². The first kappa shape index (κ1) is 16.1. The van der Waals surface area contributed by atoms with Crippen LogP contribution >= 0.6 is 23.2 Å². The van der Waals surface area contributed by atoms with Gasteiger partial charge in [0.2, 0.25) is 0 Å². The molecular weight excluding hydrogens is 359 g/mol. The Morgan fingerprint density at radius 1 is 1.13 bits per heavy atom. The predicted octanol–water partition coefficient (Wildman–Crippen LogP) is 3.96. The highest BCUT2D eigenvalue weighted by Gasteiger charge is 2.22. The van der Waals surface area contributed by atoms with Crippen LogP contribution in [0.25, 0.3) is 11.0 Å². The molecule has 23 heavy (non-hydrogen) atoms. The van der Waals surface area contributed by atoms with Gasteiger partial charge in [0.05, 0.1) is 22.4 Å². The molecule has 1 aromatic heterocycles. The van der Waals surface area contributed by atoms with Crippen molar-refractivity contribution in [3.8, 4) is 5.75 Å². The van der Waals surface area contributed by atoms with Crippen molar-refractivity contribution in [1.82, 2.24) is 9.55 Å². The lowest BCUT2D eigenvalue weighted by Crippen LogP contribution is -2.10. The number of halogens is 2. The minimum absolute atomic E-state index is 0.0134. The molecule has 0 aliphatic carbocycles. The molecule has 5 nitrogen and oxygen atoms in total. The van der Waals surface area contributed by atoms with Gasteiger partial charge in [-0.25, -0.2) is 4.98 Å². The summed E-state index contributed by atoms with van der Waals surface area (Å²) in [6.45, 7) is 1.69. The second kappa shape index (κ2) is 5.70. The van der Waals surface area contributed by atoms with Crippen LogP contribution in [0.15, 0.2) is 41.6 Å². The lowest BCUT2D eigenvalue weighted by atomic mass is 10.2. The summed E-state index contributed by atoms with van der Waals surface area (Å²) in [6, 6.07) is 7.64. The van der Waals surface area contributed by atoms with E-state index in [-0.39, 0.29) is 15.7 Å². The minimum atomic E-state index is -4.07. The summed E-state index contributed by atoms with van der Waals surface area (Å²) in [7, 11) is -2.22. The van der Waals surface area contributed by atoms with E-state index in [4.69, 9.17) is 27.4 Å². The number of benzene rings is 2. The lowest BCUT2D eigenvalue weighted by molar-refractivity contribution is 0.486.